The fraction of sp³-hybridized carbons (Fsp3) is 0.400. The molecular formula is C20H25N3O3. The lowest BCUT2D eigenvalue weighted by Gasteiger charge is -2.32. The zero-order valence-corrected chi connectivity index (χ0v) is 15.1. The average molecular weight is 355 g/mol. The van der Waals surface area contributed by atoms with Crippen LogP contribution < -0.4 is 14.8 Å². The molecule has 138 valence electrons. The van der Waals surface area contributed by atoms with Gasteiger partial charge in [0.1, 0.15) is 11.5 Å². The van der Waals surface area contributed by atoms with Crippen LogP contribution in [0.1, 0.15) is 19.3 Å². The van der Waals surface area contributed by atoms with Gasteiger partial charge in [0.25, 0.3) is 0 Å². The minimum absolute atomic E-state index is 0.0699. The molecule has 0 atom stereocenters. The minimum atomic E-state index is -0.0699. The van der Waals surface area contributed by atoms with E-state index < -0.39 is 0 Å². The number of rotatable bonds is 6. The molecule has 1 aromatic carbocycles. The van der Waals surface area contributed by atoms with Crippen molar-refractivity contribution in [3.63, 3.8) is 0 Å². The highest BCUT2D eigenvalue weighted by Crippen LogP contribution is 2.25. The molecule has 6 nitrogen and oxygen atoms in total. The van der Waals surface area contributed by atoms with Gasteiger partial charge in [-0.2, -0.15) is 0 Å². The molecule has 0 bridgehead atoms. The van der Waals surface area contributed by atoms with Gasteiger partial charge < -0.3 is 19.7 Å². The van der Waals surface area contributed by atoms with E-state index in [1.165, 1.54) is 0 Å². The standard InChI is InChI=1S/C20H25N3O3/c1-25-19-7-3-2-6-18(19)22-20(24)23-12-8-16(9-13-23)10-14-26-17-5-4-11-21-15-17/h2-7,11,15-16H,8-10,12-14H2,1H3,(H,22,24). The summed E-state index contributed by atoms with van der Waals surface area (Å²) < 4.78 is 11.0. The van der Waals surface area contributed by atoms with Gasteiger partial charge in [-0.25, -0.2) is 4.79 Å². The Bertz CT molecular complexity index is 700. The lowest BCUT2D eigenvalue weighted by molar-refractivity contribution is 0.170. The molecule has 26 heavy (non-hydrogen) atoms. The maximum Gasteiger partial charge on any atom is 0.321 e. The molecule has 2 aromatic rings. The molecule has 0 aliphatic carbocycles. The van der Waals surface area contributed by atoms with Crippen molar-refractivity contribution in [2.24, 2.45) is 5.92 Å². The van der Waals surface area contributed by atoms with Crippen molar-refractivity contribution in [2.75, 3.05) is 32.1 Å². The molecule has 1 saturated heterocycles. The SMILES string of the molecule is COc1ccccc1NC(=O)N1CCC(CCOc2cccnc2)CC1. The van der Waals surface area contributed by atoms with Gasteiger partial charge in [0, 0.05) is 19.3 Å². The van der Waals surface area contributed by atoms with Gasteiger partial charge in [-0.15, -0.1) is 0 Å². The van der Waals surface area contributed by atoms with Crippen LogP contribution in [0.4, 0.5) is 10.5 Å². The smallest absolute Gasteiger partial charge is 0.321 e. The summed E-state index contributed by atoms with van der Waals surface area (Å²) in [5, 5.41) is 2.94. The van der Waals surface area contributed by atoms with E-state index in [1.54, 1.807) is 19.5 Å². The maximum atomic E-state index is 12.5. The molecule has 0 unspecified atom stereocenters. The van der Waals surface area contributed by atoms with Gasteiger partial charge in [0.15, 0.2) is 0 Å². The van der Waals surface area contributed by atoms with E-state index in [0.717, 1.165) is 38.1 Å². The van der Waals surface area contributed by atoms with Crippen LogP contribution in [0.15, 0.2) is 48.8 Å². The fourth-order valence-electron chi connectivity index (χ4n) is 3.14. The molecule has 0 radical (unpaired) electrons. The second-order valence-electron chi connectivity index (χ2n) is 6.39. The summed E-state index contributed by atoms with van der Waals surface area (Å²) in [4.78, 5) is 18.4. The largest absolute Gasteiger partial charge is 0.495 e. The lowest BCUT2D eigenvalue weighted by atomic mass is 9.94. The third kappa shape index (κ3) is 4.88. The maximum absolute atomic E-state index is 12.5. The third-order valence-corrected chi connectivity index (χ3v) is 4.68. The number of para-hydroxylation sites is 2. The van der Waals surface area contributed by atoms with Crippen molar-refractivity contribution in [1.82, 2.24) is 9.88 Å². The summed E-state index contributed by atoms with van der Waals surface area (Å²) in [5.74, 6) is 2.06. The number of anilines is 1. The molecular weight excluding hydrogens is 330 g/mol. The number of piperidine rings is 1. The van der Waals surface area contributed by atoms with Gasteiger partial charge in [0.2, 0.25) is 0 Å². The van der Waals surface area contributed by atoms with Crippen LogP contribution in [0.2, 0.25) is 0 Å². The summed E-state index contributed by atoms with van der Waals surface area (Å²) in [6.45, 7) is 2.21. The Morgan fingerprint density at radius 2 is 2.04 bits per heavy atom. The Kier molecular flexibility index (Phi) is 6.30. The molecule has 2 heterocycles. The quantitative estimate of drug-likeness (QED) is 0.856. The van der Waals surface area contributed by atoms with Crippen molar-refractivity contribution in [2.45, 2.75) is 19.3 Å². The number of nitrogens with one attached hydrogen (secondary N) is 1. The predicted octanol–water partition coefficient (Wildman–Crippen LogP) is 3.80. The second kappa shape index (κ2) is 9.08. The zero-order chi connectivity index (χ0) is 18.2. The third-order valence-electron chi connectivity index (χ3n) is 4.68. The van der Waals surface area contributed by atoms with Crippen LogP contribution >= 0.6 is 0 Å². The number of pyridine rings is 1. The van der Waals surface area contributed by atoms with Crippen molar-refractivity contribution >= 4 is 11.7 Å². The first-order valence-electron chi connectivity index (χ1n) is 8.98. The van der Waals surface area contributed by atoms with Crippen molar-refractivity contribution in [1.29, 1.82) is 0 Å². The Labute approximate surface area is 154 Å². The first-order chi connectivity index (χ1) is 12.8. The monoisotopic (exact) mass is 355 g/mol. The molecule has 2 amide bonds. The van der Waals surface area contributed by atoms with Crippen LogP contribution in [0.25, 0.3) is 0 Å². The van der Waals surface area contributed by atoms with Crippen molar-refractivity contribution < 1.29 is 14.3 Å². The first kappa shape index (κ1) is 18.0. The van der Waals surface area contributed by atoms with Gasteiger partial charge in [0.05, 0.1) is 25.6 Å². The summed E-state index contributed by atoms with van der Waals surface area (Å²) in [6, 6.07) is 11.2. The number of amides is 2. The van der Waals surface area contributed by atoms with Crippen LogP contribution in [-0.4, -0.2) is 42.7 Å². The Morgan fingerprint density at radius 1 is 1.23 bits per heavy atom. The number of nitrogens with zero attached hydrogens (tertiary/aromatic N) is 2. The molecule has 1 aliphatic rings. The molecule has 1 fully saturated rings. The number of hydrogen-bond donors (Lipinski definition) is 1. The van der Waals surface area contributed by atoms with Crippen LogP contribution in [0.3, 0.4) is 0 Å². The van der Waals surface area contributed by atoms with Gasteiger partial charge in [-0.1, -0.05) is 12.1 Å². The van der Waals surface area contributed by atoms with E-state index in [2.05, 4.69) is 10.3 Å². The van der Waals surface area contributed by atoms with Gasteiger partial charge in [-0.3, -0.25) is 4.98 Å². The van der Waals surface area contributed by atoms with Crippen LogP contribution in [0, 0.1) is 5.92 Å². The average Bonchev–Trinajstić information content (AvgIpc) is 2.70. The number of ether oxygens (including phenoxy) is 2. The van der Waals surface area contributed by atoms with E-state index in [0.29, 0.717) is 24.0 Å². The van der Waals surface area contributed by atoms with Gasteiger partial charge in [-0.05, 0) is 49.4 Å². The topological polar surface area (TPSA) is 63.7 Å². The number of urea groups is 1. The second-order valence-corrected chi connectivity index (χ2v) is 6.39. The predicted molar refractivity (Wildman–Crippen MR) is 101 cm³/mol. The molecule has 1 aromatic heterocycles. The summed E-state index contributed by atoms with van der Waals surface area (Å²) in [6.07, 6.45) is 6.45. The summed E-state index contributed by atoms with van der Waals surface area (Å²) in [5.41, 5.74) is 0.701. The van der Waals surface area contributed by atoms with E-state index in [4.69, 9.17) is 9.47 Å². The Balaban J connectivity index is 1.41. The fourth-order valence-corrected chi connectivity index (χ4v) is 3.14. The van der Waals surface area contributed by atoms with Crippen LogP contribution in [-0.2, 0) is 0 Å². The number of carbonyl (C=O) groups excluding carboxylic acids is 1. The van der Waals surface area contributed by atoms with E-state index >= 15 is 0 Å². The summed E-state index contributed by atoms with van der Waals surface area (Å²) in [7, 11) is 1.60. The van der Waals surface area contributed by atoms with Crippen LogP contribution in [0.5, 0.6) is 11.5 Å². The van der Waals surface area contributed by atoms with Gasteiger partial charge >= 0.3 is 6.03 Å². The number of hydrogen-bond acceptors (Lipinski definition) is 4. The Hall–Kier alpha value is -2.76. The molecule has 0 spiro atoms. The lowest BCUT2D eigenvalue weighted by Crippen LogP contribution is -2.41. The minimum Gasteiger partial charge on any atom is -0.495 e. The van der Waals surface area contributed by atoms with E-state index in [-0.39, 0.29) is 6.03 Å². The molecule has 3 rings (SSSR count). The first-order valence-corrected chi connectivity index (χ1v) is 8.98. The number of aromatic nitrogens is 1. The zero-order valence-electron chi connectivity index (χ0n) is 15.1. The van der Waals surface area contributed by atoms with Crippen molar-refractivity contribution in [3.8, 4) is 11.5 Å². The number of carbonyl (C=O) groups is 1. The van der Waals surface area contributed by atoms with Crippen molar-refractivity contribution in [3.05, 3.63) is 48.8 Å². The Morgan fingerprint density at radius 3 is 2.77 bits per heavy atom. The highest BCUT2D eigenvalue weighted by atomic mass is 16.5. The normalized spacial score (nSPS) is 14.7. The molecule has 1 N–H and O–H groups in total. The highest BCUT2D eigenvalue weighted by Gasteiger charge is 2.23. The number of likely N-dealkylation sites (tertiary alicyclic amines) is 1. The molecule has 0 saturated carbocycles. The summed E-state index contributed by atoms with van der Waals surface area (Å²) >= 11 is 0. The highest BCUT2D eigenvalue weighted by molar-refractivity contribution is 5.91. The molecule has 1 aliphatic heterocycles. The number of methoxy groups -OCH3 is 1. The van der Waals surface area contributed by atoms with E-state index in [1.807, 2.05) is 41.3 Å². The molecule has 6 heteroatoms. The number of benzene rings is 1. The van der Waals surface area contributed by atoms with E-state index in [9.17, 15) is 4.79 Å².